The summed E-state index contributed by atoms with van der Waals surface area (Å²) < 4.78 is 30.9. The van der Waals surface area contributed by atoms with Crippen molar-refractivity contribution in [3.05, 3.63) is 47.0 Å². The topological polar surface area (TPSA) is 96.0 Å². The molecule has 4 rings (SSSR count). The van der Waals surface area contributed by atoms with Gasteiger partial charge in [-0.3, -0.25) is 14.0 Å². The molecule has 1 unspecified atom stereocenters. The molecular weight excluding hydrogens is 462 g/mol. The van der Waals surface area contributed by atoms with Gasteiger partial charge < -0.3 is 10.1 Å². The number of benzene rings is 1. The maximum Gasteiger partial charge on any atom is 0.414 e. The lowest BCUT2D eigenvalue weighted by molar-refractivity contribution is -0.117. The van der Waals surface area contributed by atoms with Gasteiger partial charge in [-0.05, 0) is 36.8 Å². The highest BCUT2D eigenvalue weighted by Gasteiger charge is 2.33. The molecule has 2 heterocycles. The van der Waals surface area contributed by atoms with Crippen LogP contribution in [0.4, 0.5) is 16.2 Å². The first kappa shape index (κ1) is 21.8. The second-order valence-corrected chi connectivity index (χ2v) is 10.3. The van der Waals surface area contributed by atoms with E-state index in [0.29, 0.717) is 46.2 Å². The molecular formula is C20H20ClN3O5S2. The highest BCUT2D eigenvalue weighted by Crippen LogP contribution is 2.28. The van der Waals surface area contributed by atoms with Crippen LogP contribution in [0.2, 0.25) is 0 Å². The second kappa shape index (κ2) is 8.60. The van der Waals surface area contributed by atoms with Crippen molar-refractivity contribution in [2.75, 3.05) is 34.6 Å². The molecule has 1 N–H and O–H groups in total. The molecule has 31 heavy (non-hydrogen) atoms. The lowest BCUT2D eigenvalue weighted by Crippen LogP contribution is -2.36. The molecule has 0 aromatic heterocycles. The first-order valence-corrected chi connectivity index (χ1v) is 12.1. The van der Waals surface area contributed by atoms with E-state index in [-0.39, 0.29) is 24.7 Å². The van der Waals surface area contributed by atoms with Gasteiger partial charge >= 0.3 is 6.09 Å². The van der Waals surface area contributed by atoms with Crippen LogP contribution in [0, 0.1) is 0 Å². The quantitative estimate of drug-likeness (QED) is 0.649. The van der Waals surface area contributed by atoms with Gasteiger partial charge in [-0.15, -0.1) is 0 Å². The summed E-state index contributed by atoms with van der Waals surface area (Å²) >= 11 is 11.2. The first-order chi connectivity index (χ1) is 14.7. The maximum absolute atomic E-state index is 12.4. The van der Waals surface area contributed by atoms with Crippen LogP contribution in [0.15, 0.2) is 47.0 Å². The molecule has 2 amide bonds. The fourth-order valence-electron chi connectivity index (χ4n) is 3.64. The van der Waals surface area contributed by atoms with E-state index in [1.54, 1.807) is 30.3 Å². The van der Waals surface area contributed by atoms with Crippen molar-refractivity contribution >= 4 is 62.1 Å². The van der Waals surface area contributed by atoms with Crippen LogP contribution in [-0.4, -0.2) is 56.8 Å². The Morgan fingerprint density at radius 3 is 2.65 bits per heavy atom. The fourth-order valence-corrected chi connectivity index (χ4v) is 5.62. The Balaban J connectivity index is 1.37. The molecule has 0 radical (unpaired) electrons. The number of amides is 2. The molecule has 1 atom stereocenters. The molecule has 2 saturated heterocycles. The summed E-state index contributed by atoms with van der Waals surface area (Å²) in [5.41, 5.74) is 1.51. The Morgan fingerprint density at radius 2 is 1.97 bits per heavy atom. The molecule has 2 fully saturated rings. The highest BCUT2D eigenvalue weighted by molar-refractivity contribution is 7.93. The predicted octanol–water partition coefficient (Wildman–Crippen LogP) is 2.49. The molecule has 0 spiro atoms. The van der Waals surface area contributed by atoms with E-state index in [1.165, 1.54) is 15.3 Å². The van der Waals surface area contributed by atoms with Crippen LogP contribution in [0.3, 0.4) is 0 Å². The zero-order valence-corrected chi connectivity index (χ0v) is 18.8. The number of thiocarbonyl (C=S) groups is 1. The first-order valence-electron chi connectivity index (χ1n) is 9.72. The molecule has 164 valence electrons. The van der Waals surface area contributed by atoms with Crippen LogP contribution >= 0.6 is 23.8 Å². The van der Waals surface area contributed by atoms with Crippen molar-refractivity contribution in [3.8, 4) is 0 Å². The van der Waals surface area contributed by atoms with E-state index in [1.807, 2.05) is 0 Å². The van der Waals surface area contributed by atoms with Gasteiger partial charge in [0.2, 0.25) is 10.0 Å². The zero-order valence-electron chi connectivity index (χ0n) is 16.4. The number of cyclic esters (lactones) is 1. The summed E-state index contributed by atoms with van der Waals surface area (Å²) in [7, 11) is -3.26. The van der Waals surface area contributed by atoms with E-state index in [2.05, 4.69) is 5.32 Å². The van der Waals surface area contributed by atoms with Crippen molar-refractivity contribution in [1.82, 2.24) is 5.32 Å². The number of sulfonamides is 1. The van der Waals surface area contributed by atoms with Crippen LogP contribution in [-0.2, 0) is 19.6 Å². The fraction of sp³-hybridized carbons (Fsp3) is 0.350. The Morgan fingerprint density at radius 1 is 1.26 bits per heavy atom. The summed E-state index contributed by atoms with van der Waals surface area (Å²) in [5, 5.41) is 3.20. The molecule has 3 aliphatic rings. The number of allylic oxidation sites excluding steroid dienone is 3. The van der Waals surface area contributed by atoms with E-state index in [9.17, 15) is 18.0 Å². The third-order valence-electron chi connectivity index (χ3n) is 5.22. The van der Waals surface area contributed by atoms with Gasteiger partial charge in [-0.1, -0.05) is 29.9 Å². The number of ether oxygens (including phenoxy) is 1. The van der Waals surface area contributed by atoms with Crippen LogP contribution in [0.1, 0.15) is 12.8 Å². The number of rotatable bonds is 5. The molecule has 1 aliphatic carbocycles. The number of nitrogens with one attached hydrogen (secondary N) is 1. The molecule has 0 bridgehead atoms. The molecule has 2 aliphatic heterocycles. The molecule has 1 aromatic carbocycles. The summed E-state index contributed by atoms with van der Waals surface area (Å²) in [4.78, 5) is 26.7. The number of halogens is 1. The summed E-state index contributed by atoms with van der Waals surface area (Å²) in [5.74, 6) is -0.216. The van der Waals surface area contributed by atoms with E-state index in [0.717, 1.165) is 0 Å². The van der Waals surface area contributed by atoms with Crippen molar-refractivity contribution in [3.63, 3.8) is 0 Å². The normalized spacial score (nSPS) is 22.8. The predicted molar refractivity (Wildman–Crippen MR) is 122 cm³/mol. The summed E-state index contributed by atoms with van der Waals surface area (Å²) in [6, 6.07) is 6.72. The molecule has 1 aromatic rings. The Hall–Kier alpha value is -2.43. The highest BCUT2D eigenvalue weighted by atomic mass is 35.5. The molecule has 0 saturated carbocycles. The van der Waals surface area contributed by atoms with Gasteiger partial charge in [-0.2, -0.15) is 0 Å². The largest absolute Gasteiger partial charge is 0.442 e. The van der Waals surface area contributed by atoms with Gasteiger partial charge in [0.15, 0.2) is 0 Å². The standard InChI is InChI=1S/C20H20ClN3O5S2/c21-13-2-7-18(30)17(10-13)19(25)22-11-16-12-23(20(26)29-16)14-3-5-15(6-4-14)24-8-1-9-31(24,27)28/h2-6,10,16H,1,7-9,11-12H2,(H,22,25). The second-order valence-electron chi connectivity index (χ2n) is 7.36. The average Bonchev–Trinajstić information content (AvgIpc) is 3.29. The number of nitrogens with zero attached hydrogens (tertiary/aromatic N) is 2. The van der Waals surface area contributed by atoms with Gasteiger partial charge in [0, 0.05) is 28.5 Å². The number of carbonyl (C=O) groups is 2. The number of hydrogen-bond donors (Lipinski definition) is 1. The van der Waals surface area contributed by atoms with Gasteiger partial charge in [0.25, 0.3) is 5.91 Å². The van der Waals surface area contributed by atoms with Crippen molar-refractivity contribution in [1.29, 1.82) is 0 Å². The average molecular weight is 482 g/mol. The lowest BCUT2D eigenvalue weighted by atomic mass is 10.0. The number of hydrogen-bond acceptors (Lipinski definition) is 6. The SMILES string of the molecule is O=C(NCC1CN(c2ccc(N3CCCS3(=O)=O)cc2)C(=O)O1)C1=CC(Cl)=CCC1=S. The Labute approximate surface area is 190 Å². The van der Waals surface area contributed by atoms with Crippen molar-refractivity contribution in [2.45, 2.75) is 18.9 Å². The summed E-state index contributed by atoms with van der Waals surface area (Å²) in [6.07, 6.45) is 3.24. The smallest absolute Gasteiger partial charge is 0.414 e. The number of anilines is 2. The van der Waals surface area contributed by atoms with E-state index >= 15 is 0 Å². The van der Waals surface area contributed by atoms with Crippen molar-refractivity contribution < 1.29 is 22.7 Å². The third-order valence-corrected chi connectivity index (χ3v) is 7.74. The van der Waals surface area contributed by atoms with Crippen LogP contribution in [0.5, 0.6) is 0 Å². The van der Waals surface area contributed by atoms with Gasteiger partial charge in [0.1, 0.15) is 6.10 Å². The minimum absolute atomic E-state index is 0.131. The van der Waals surface area contributed by atoms with Gasteiger partial charge in [0.05, 0.1) is 30.1 Å². The molecule has 11 heteroatoms. The van der Waals surface area contributed by atoms with E-state index < -0.39 is 22.2 Å². The third kappa shape index (κ3) is 4.60. The minimum atomic E-state index is -3.26. The lowest BCUT2D eigenvalue weighted by Gasteiger charge is -2.19. The minimum Gasteiger partial charge on any atom is -0.442 e. The van der Waals surface area contributed by atoms with E-state index in [4.69, 9.17) is 28.6 Å². The monoisotopic (exact) mass is 481 g/mol. The molecule has 8 nitrogen and oxygen atoms in total. The zero-order chi connectivity index (χ0) is 22.2. The van der Waals surface area contributed by atoms with Crippen molar-refractivity contribution in [2.24, 2.45) is 0 Å². The number of carbonyl (C=O) groups excluding carboxylic acids is 2. The Bertz CT molecular complexity index is 1100. The maximum atomic E-state index is 12.4. The Kier molecular flexibility index (Phi) is 6.05. The summed E-state index contributed by atoms with van der Waals surface area (Å²) in [6.45, 7) is 0.840. The van der Waals surface area contributed by atoms with Gasteiger partial charge in [-0.25, -0.2) is 13.2 Å². The van der Waals surface area contributed by atoms with Crippen LogP contribution < -0.4 is 14.5 Å². The van der Waals surface area contributed by atoms with Crippen LogP contribution in [0.25, 0.3) is 0 Å².